The van der Waals surface area contributed by atoms with Gasteiger partial charge >= 0.3 is 0 Å². The van der Waals surface area contributed by atoms with Crippen molar-refractivity contribution in [3.05, 3.63) is 47.8 Å². The van der Waals surface area contributed by atoms with Crippen LogP contribution in [0.1, 0.15) is 79.1 Å². The van der Waals surface area contributed by atoms with Gasteiger partial charge in [0.1, 0.15) is 0 Å². The third-order valence-electron chi connectivity index (χ3n) is 5.94. The summed E-state index contributed by atoms with van der Waals surface area (Å²) in [6.45, 7) is 2.33. The second kappa shape index (κ2) is 10.3. The minimum Gasteiger partial charge on any atom is -0.294 e. The molecule has 0 saturated heterocycles. The minimum atomic E-state index is -0.0480. The Bertz CT molecular complexity index is 703. The molecule has 0 radical (unpaired) electrons. The number of ketones is 2. The highest BCUT2D eigenvalue weighted by Crippen LogP contribution is 2.32. The Kier molecular flexibility index (Phi) is 8.15. The average molecular weight is 370 g/mol. The van der Waals surface area contributed by atoms with Crippen molar-refractivity contribution in [3.8, 4) is 0 Å². The lowest BCUT2D eigenvalue weighted by molar-refractivity contribution is -0.121. The van der Waals surface area contributed by atoms with Gasteiger partial charge < -0.3 is 0 Å². The number of nitrogens with zero attached hydrogens (tertiary/aromatic N) is 1. The molecule has 3 nitrogen and oxygen atoms in total. The monoisotopic (exact) mass is 369 g/mol. The van der Waals surface area contributed by atoms with E-state index in [-0.39, 0.29) is 20.4 Å². The van der Waals surface area contributed by atoms with Crippen molar-refractivity contribution in [2.75, 3.05) is 0 Å². The van der Waals surface area contributed by atoms with Crippen molar-refractivity contribution in [1.82, 2.24) is 4.98 Å². The van der Waals surface area contributed by atoms with Gasteiger partial charge in [0.05, 0.1) is 5.57 Å². The van der Waals surface area contributed by atoms with Crippen LogP contribution in [-0.4, -0.2) is 16.6 Å². The molecule has 1 aromatic rings. The molecule has 2 aliphatic carbocycles. The highest BCUT2D eigenvalue weighted by Gasteiger charge is 2.23. The molecule has 1 aromatic heterocycles. The van der Waals surface area contributed by atoms with Crippen LogP contribution in [0.4, 0.5) is 0 Å². The fourth-order valence-corrected chi connectivity index (χ4v) is 4.25. The molecular formula is C24H35NO2. The molecule has 1 fully saturated rings. The molecule has 1 atom stereocenters. The number of hydrogen-bond donors (Lipinski definition) is 0. The van der Waals surface area contributed by atoms with Gasteiger partial charge in [-0.2, -0.15) is 0 Å². The molecule has 3 heteroatoms. The zero-order chi connectivity index (χ0) is 18.4. The topological polar surface area (TPSA) is 47.0 Å². The van der Waals surface area contributed by atoms with Gasteiger partial charge in [-0.3, -0.25) is 14.6 Å². The zero-order valence-electron chi connectivity index (χ0n) is 15.7. The summed E-state index contributed by atoms with van der Waals surface area (Å²) in [7, 11) is 0. The molecule has 2 aliphatic rings. The van der Waals surface area contributed by atoms with E-state index >= 15 is 0 Å². The molecular weight excluding hydrogens is 334 g/mol. The molecule has 0 spiro atoms. The molecule has 27 heavy (non-hydrogen) atoms. The van der Waals surface area contributed by atoms with E-state index < -0.39 is 0 Å². The fourth-order valence-electron chi connectivity index (χ4n) is 4.25. The second-order valence-corrected chi connectivity index (χ2v) is 7.77. The second-order valence-electron chi connectivity index (χ2n) is 7.77. The van der Waals surface area contributed by atoms with Crippen molar-refractivity contribution >= 4 is 17.1 Å². The molecule has 0 N–H and O–H groups in total. The molecule has 0 aliphatic heterocycles. The quantitative estimate of drug-likeness (QED) is 0.537. The smallest absolute Gasteiger partial charge is 0.170 e. The summed E-state index contributed by atoms with van der Waals surface area (Å²) in [5, 5.41) is 0. The Morgan fingerprint density at radius 1 is 1.22 bits per heavy atom. The number of hydrogen-bond acceptors (Lipinski definition) is 3. The number of Topliss-reactive ketones (excluding diaryl/α,β-unsaturated/α-hetero) is 2. The summed E-state index contributed by atoms with van der Waals surface area (Å²) in [6, 6.07) is 3.82. The molecule has 0 bridgehead atoms. The van der Waals surface area contributed by atoms with E-state index in [0.29, 0.717) is 24.3 Å². The van der Waals surface area contributed by atoms with Crippen LogP contribution in [0.15, 0.2) is 42.3 Å². The van der Waals surface area contributed by atoms with E-state index in [2.05, 4.69) is 11.9 Å². The highest BCUT2D eigenvalue weighted by atomic mass is 16.1. The summed E-state index contributed by atoms with van der Waals surface area (Å²) in [5.41, 5.74) is 2.33. The molecule has 148 valence electrons. The predicted octanol–water partition coefficient (Wildman–Crippen LogP) is 6.20. The summed E-state index contributed by atoms with van der Waals surface area (Å²) in [6.07, 6.45) is 16.7. The van der Waals surface area contributed by atoms with Crippen LogP contribution in [-0.2, 0) is 9.59 Å². The Hall–Kier alpha value is -2.03. The standard InChI is InChI=1S/C23H29NO2.CH4.H2/c1-17(18-7-3-2-4-8-18)6-5-9-22(25)21-16-20(10-11-23(21)26)19-12-14-24-15-13-19;;/h10,12-18H,2-9,11H2,1H3;1H4;1H. The minimum absolute atomic E-state index is 0. The van der Waals surface area contributed by atoms with Gasteiger partial charge in [-0.25, -0.2) is 0 Å². The maximum atomic E-state index is 12.6. The third kappa shape index (κ3) is 5.72. The third-order valence-corrected chi connectivity index (χ3v) is 5.94. The summed E-state index contributed by atoms with van der Waals surface area (Å²) < 4.78 is 0. The molecule has 1 saturated carbocycles. The zero-order valence-corrected chi connectivity index (χ0v) is 15.7. The Morgan fingerprint density at radius 3 is 2.63 bits per heavy atom. The van der Waals surface area contributed by atoms with Crippen LogP contribution in [0.2, 0.25) is 0 Å². The molecule has 0 amide bonds. The van der Waals surface area contributed by atoms with Gasteiger partial charge in [0.2, 0.25) is 0 Å². The van der Waals surface area contributed by atoms with Crippen LogP contribution in [0.5, 0.6) is 0 Å². The van der Waals surface area contributed by atoms with E-state index in [1.165, 1.54) is 32.1 Å². The predicted molar refractivity (Wildman–Crippen MR) is 113 cm³/mol. The van der Waals surface area contributed by atoms with Gasteiger partial charge in [0, 0.05) is 26.7 Å². The maximum absolute atomic E-state index is 12.6. The lowest BCUT2D eigenvalue weighted by atomic mass is 9.78. The van der Waals surface area contributed by atoms with E-state index in [1.54, 1.807) is 18.5 Å². The first-order valence-electron chi connectivity index (χ1n) is 10.0. The van der Waals surface area contributed by atoms with Crippen molar-refractivity contribution in [2.45, 2.75) is 72.1 Å². The largest absolute Gasteiger partial charge is 0.294 e. The van der Waals surface area contributed by atoms with Crippen molar-refractivity contribution in [2.24, 2.45) is 11.8 Å². The van der Waals surface area contributed by atoms with E-state index in [4.69, 9.17) is 0 Å². The van der Waals surface area contributed by atoms with Gasteiger partial charge in [0.25, 0.3) is 0 Å². The van der Waals surface area contributed by atoms with Crippen molar-refractivity contribution in [1.29, 1.82) is 0 Å². The van der Waals surface area contributed by atoms with Crippen LogP contribution >= 0.6 is 0 Å². The van der Waals surface area contributed by atoms with Gasteiger partial charge in [-0.15, -0.1) is 0 Å². The Balaban J connectivity index is 0.00000196. The Labute approximate surface area is 165 Å². The van der Waals surface area contributed by atoms with Crippen LogP contribution in [0, 0.1) is 11.8 Å². The lowest BCUT2D eigenvalue weighted by Gasteiger charge is -2.27. The Morgan fingerprint density at radius 2 is 1.93 bits per heavy atom. The number of allylic oxidation sites excluding steroid dienone is 4. The number of aromatic nitrogens is 1. The number of rotatable bonds is 7. The van der Waals surface area contributed by atoms with Crippen LogP contribution < -0.4 is 0 Å². The van der Waals surface area contributed by atoms with Crippen molar-refractivity contribution in [3.63, 3.8) is 0 Å². The van der Waals surface area contributed by atoms with Crippen LogP contribution in [0.25, 0.3) is 5.57 Å². The average Bonchev–Trinajstić information content (AvgIpc) is 2.69. The van der Waals surface area contributed by atoms with E-state index in [1.807, 2.05) is 18.2 Å². The maximum Gasteiger partial charge on any atom is 0.170 e. The number of pyridine rings is 1. The number of carbonyl (C=O) groups is 2. The SMILES string of the molecule is C.CC(CCCC(=O)C1=CC(c2ccncc2)=CCC1=O)C1CCCCC1.[HH]. The first-order chi connectivity index (χ1) is 12.6. The van der Waals surface area contributed by atoms with Gasteiger partial charge in [0.15, 0.2) is 11.6 Å². The summed E-state index contributed by atoms with van der Waals surface area (Å²) >= 11 is 0. The lowest BCUT2D eigenvalue weighted by Crippen LogP contribution is -2.17. The van der Waals surface area contributed by atoms with Gasteiger partial charge in [-0.1, -0.05) is 59.0 Å². The fraction of sp³-hybridized carbons (Fsp3) is 0.542. The molecule has 1 heterocycles. The molecule has 0 aromatic carbocycles. The summed E-state index contributed by atoms with van der Waals surface area (Å²) in [5.74, 6) is 1.47. The molecule has 1 unspecified atom stereocenters. The first-order valence-corrected chi connectivity index (χ1v) is 10.0. The van der Waals surface area contributed by atoms with E-state index in [9.17, 15) is 9.59 Å². The van der Waals surface area contributed by atoms with Crippen molar-refractivity contribution < 1.29 is 11.0 Å². The van der Waals surface area contributed by atoms with Gasteiger partial charge in [-0.05, 0) is 47.6 Å². The van der Waals surface area contributed by atoms with Crippen LogP contribution in [0.3, 0.4) is 0 Å². The van der Waals surface area contributed by atoms with E-state index in [0.717, 1.165) is 29.9 Å². The highest BCUT2D eigenvalue weighted by molar-refractivity contribution is 6.23. The molecule has 3 rings (SSSR count). The number of carbonyl (C=O) groups excluding carboxylic acids is 2. The summed E-state index contributed by atoms with van der Waals surface area (Å²) in [4.78, 5) is 28.8. The first kappa shape index (κ1) is 21.3. The normalized spacial score (nSPS) is 18.9.